The van der Waals surface area contributed by atoms with Crippen molar-refractivity contribution in [1.29, 1.82) is 0 Å². The zero-order valence-corrected chi connectivity index (χ0v) is 12.1. The lowest BCUT2D eigenvalue weighted by Crippen LogP contribution is -2.31. The van der Waals surface area contributed by atoms with Crippen LogP contribution < -0.4 is 11.1 Å². The van der Waals surface area contributed by atoms with E-state index in [1.165, 1.54) is 11.1 Å². The van der Waals surface area contributed by atoms with Gasteiger partial charge in [0.1, 0.15) is 0 Å². The first-order chi connectivity index (χ1) is 10.1. The molecule has 108 valence electrons. The highest BCUT2D eigenvalue weighted by Gasteiger charge is 2.22. The minimum Gasteiger partial charge on any atom is -0.399 e. The van der Waals surface area contributed by atoms with E-state index in [1.807, 2.05) is 31.2 Å². The van der Waals surface area contributed by atoms with Gasteiger partial charge in [0.05, 0.1) is 6.04 Å². The van der Waals surface area contributed by atoms with Crippen molar-refractivity contribution in [3.05, 3.63) is 58.9 Å². The molecule has 1 unspecified atom stereocenters. The normalized spacial score (nSPS) is 17.1. The number of nitrogen functional groups attached to an aromatic ring is 1. The van der Waals surface area contributed by atoms with Gasteiger partial charge < -0.3 is 11.1 Å². The second-order valence-electron chi connectivity index (χ2n) is 5.56. The average molecular weight is 281 g/mol. The van der Waals surface area contributed by atoms with Crippen molar-refractivity contribution in [3.63, 3.8) is 0 Å². The van der Waals surface area contributed by atoms with E-state index in [1.54, 1.807) is 12.3 Å². The van der Waals surface area contributed by atoms with Crippen molar-refractivity contribution in [3.8, 4) is 0 Å². The third kappa shape index (κ3) is 2.89. The summed E-state index contributed by atoms with van der Waals surface area (Å²) in [5, 5.41) is 3.13. The largest absolute Gasteiger partial charge is 0.399 e. The number of carbonyl (C=O) groups excluding carboxylic acids is 1. The van der Waals surface area contributed by atoms with Gasteiger partial charge in [-0.05, 0) is 61.6 Å². The number of rotatable bonds is 2. The first-order valence-electron chi connectivity index (χ1n) is 7.25. The summed E-state index contributed by atoms with van der Waals surface area (Å²) in [6, 6.07) is 9.57. The summed E-state index contributed by atoms with van der Waals surface area (Å²) in [6.07, 6.45) is 4.73. The van der Waals surface area contributed by atoms with Crippen molar-refractivity contribution in [2.24, 2.45) is 0 Å². The molecule has 0 bridgehead atoms. The molecule has 1 aromatic heterocycles. The molecule has 1 aliphatic rings. The summed E-state index contributed by atoms with van der Waals surface area (Å²) in [6.45, 7) is 1.88. The third-order valence-electron chi connectivity index (χ3n) is 3.95. The van der Waals surface area contributed by atoms with Crippen molar-refractivity contribution in [1.82, 2.24) is 10.3 Å². The molecule has 0 spiro atoms. The van der Waals surface area contributed by atoms with Gasteiger partial charge in [-0.15, -0.1) is 0 Å². The fourth-order valence-corrected chi connectivity index (χ4v) is 2.91. The number of fused-ring (bicyclic) bond motifs is 1. The van der Waals surface area contributed by atoms with Gasteiger partial charge in [-0.25, -0.2) is 0 Å². The third-order valence-corrected chi connectivity index (χ3v) is 3.95. The van der Waals surface area contributed by atoms with Crippen LogP contribution in [0.5, 0.6) is 0 Å². The zero-order chi connectivity index (χ0) is 14.8. The Hall–Kier alpha value is -2.36. The Balaban J connectivity index is 1.82. The van der Waals surface area contributed by atoms with Crippen molar-refractivity contribution in [2.45, 2.75) is 32.2 Å². The Kier molecular flexibility index (Phi) is 3.60. The number of nitrogens with two attached hydrogens (primary N) is 1. The van der Waals surface area contributed by atoms with Gasteiger partial charge in [-0.1, -0.05) is 6.07 Å². The smallest absolute Gasteiger partial charge is 0.251 e. The fraction of sp³-hybridized carbons (Fsp3) is 0.294. The summed E-state index contributed by atoms with van der Waals surface area (Å²) in [4.78, 5) is 16.5. The number of anilines is 1. The predicted octanol–water partition coefficient (Wildman–Crippen LogP) is 2.78. The molecule has 1 atom stereocenters. The lowest BCUT2D eigenvalue weighted by atomic mass is 9.87. The lowest BCUT2D eigenvalue weighted by molar-refractivity contribution is 0.0932. The van der Waals surface area contributed by atoms with Gasteiger partial charge in [0.2, 0.25) is 0 Å². The van der Waals surface area contributed by atoms with Crippen LogP contribution in [0.1, 0.15) is 46.1 Å². The van der Waals surface area contributed by atoms with E-state index in [-0.39, 0.29) is 11.9 Å². The Morgan fingerprint density at radius 3 is 3.00 bits per heavy atom. The maximum atomic E-state index is 12.4. The van der Waals surface area contributed by atoms with Crippen LogP contribution in [0.25, 0.3) is 0 Å². The molecule has 1 aliphatic carbocycles. The minimum atomic E-state index is -0.0461. The zero-order valence-electron chi connectivity index (χ0n) is 12.1. The standard InChI is InChI=1S/C17H19N3O/c1-11-9-13(7-8-19-11)17(21)20-16-4-2-3-12-10-14(18)5-6-15(12)16/h5-10,16H,2-4,18H2,1H3,(H,20,21). The number of carbonyl (C=O) groups is 1. The maximum absolute atomic E-state index is 12.4. The van der Waals surface area contributed by atoms with E-state index in [4.69, 9.17) is 5.73 Å². The summed E-state index contributed by atoms with van der Waals surface area (Å²) >= 11 is 0. The van der Waals surface area contributed by atoms with Gasteiger partial charge in [0, 0.05) is 23.1 Å². The number of hydrogen-bond donors (Lipinski definition) is 2. The Morgan fingerprint density at radius 2 is 2.19 bits per heavy atom. The molecule has 0 saturated carbocycles. The number of nitrogens with one attached hydrogen (secondary N) is 1. The fourth-order valence-electron chi connectivity index (χ4n) is 2.91. The van der Waals surface area contributed by atoms with Gasteiger partial charge in [-0.2, -0.15) is 0 Å². The molecule has 4 heteroatoms. The summed E-state index contributed by atoms with van der Waals surface area (Å²) in [5.41, 5.74) is 10.6. The minimum absolute atomic E-state index is 0.0461. The molecule has 0 saturated heterocycles. The Labute approximate surface area is 124 Å². The highest BCUT2D eigenvalue weighted by molar-refractivity contribution is 5.94. The number of pyridine rings is 1. The van der Waals surface area contributed by atoms with Crippen molar-refractivity contribution < 1.29 is 4.79 Å². The van der Waals surface area contributed by atoms with Gasteiger partial charge in [-0.3, -0.25) is 9.78 Å². The SMILES string of the molecule is Cc1cc(C(=O)NC2CCCc3cc(N)ccc32)ccn1. The summed E-state index contributed by atoms with van der Waals surface area (Å²) in [7, 11) is 0. The van der Waals surface area contributed by atoms with E-state index < -0.39 is 0 Å². The van der Waals surface area contributed by atoms with Crippen LogP contribution >= 0.6 is 0 Å². The molecule has 3 rings (SSSR count). The van der Waals surface area contributed by atoms with E-state index in [9.17, 15) is 4.79 Å². The lowest BCUT2D eigenvalue weighted by Gasteiger charge is -2.26. The monoisotopic (exact) mass is 281 g/mol. The van der Waals surface area contributed by atoms with E-state index >= 15 is 0 Å². The van der Waals surface area contributed by atoms with E-state index in [2.05, 4.69) is 10.3 Å². The number of hydrogen-bond acceptors (Lipinski definition) is 3. The van der Waals surface area contributed by atoms with Gasteiger partial charge in [0.15, 0.2) is 0 Å². The van der Waals surface area contributed by atoms with Crippen LogP contribution in [0.3, 0.4) is 0 Å². The molecule has 21 heavy (non-hydrogen) atoms. The van der Waals surface area contributed by atoms with E-state index in [0.717, 1.165) is 30.6 Å². The van der Waals surface area contributed by atoms with Crippen LogP contribution in [0, 0.1) is 6.92 Å². The molecular formula is C17H19N3O. The van der Waals surface area contributed by atoms with Crippen LogP contribution in [0.4, 0.5) is 5.69 Å². The molecule has 1 aromatic carbocycles. The molecule has 2 aromatic rings. The average Bonchev–Trinajstić information content (AvgIpc) is 2.47. The second kappa shape index (κ2) is 5.56. The Bertz CT molecular complexity index is 681. The van der Waals surface area contributed by atoms with Gasteiger partial charge in [0.25, 0.3) is 5.91 Å². The molecule has 1 heterocycles. The topological polar surface area (TPSA) is 68.0 Å². The first kappa shape index (κ1) is 13.6. The summed E-state index contributed by atoms with van der Waals surface area (Å²) in [5.74, 6) is -0.0461. The first-order valence-corrected chi connectivity index (χ1v) is 7.25. The van der Waals surface area contributed by atoms with Crippen LogP contribution in [0.15, 0.2) is 36.5 Å². The molecule has 0 aliphatic heterocycles. The van der Waals surface area contributed by atoms with Gasteiger partial charge >= 0.3 is 0 Å². The molecule has 0 fully saturated rings. The van der Waals surface area contributed by atoms with E-state index in [0.29, 0.717) is 5.56 Å². The maximum Gasteiger partial charge on any atom is 0.251 e. The highest BCUT2D eigenvalue weighted by Crippen LogP contribution is 2.31. The number of benzene rings is 1. The molecule has 3 N–H and O–H groups in total. The summed E-state index contributed by atoms with van der Waals surface area (Å²) < 4.78 is 0. The second-order valence-corrected chi connectivity index (χ2v) is 5.56. The van der Waals surface area contributed by atoms with Crippen LogP contribution in [-0.2, 0) is 6.42 Å². The number of aryl methyl sites for hydroxylation is 2. The molecular weight excluding hydrogens is 262 g/mol. The number of amides is 1. The van der Waals surface area contributed by atoms with Crippen molar-refractivity contribution >= 4 is 11.6 Å². The quantitative estimate of drug-likeness (QED) is 0.832. The van der Waals surface area contributed by atoms with Crippen molar-refractivity contribution in [2.75, 3.05) is 5.73 Å². The highest BCUT2D eigenvalue weighted by atomic mass is 16.1. The van der Waals surface area contributed by atoms with Crippen LogP contribution in [-0.4, -0.2) is 10.9 Å². The molecule has 4 nitrogen and oxygen atoms in total. The number of aromatic nitrogens is 1. The molecule has 0 radical (unpaired) electrons. The van der Waals surface area contributed by atoms with Crippen LogP contribution in [0.2, 0.25) is 0 Å². The Morgan fingerprint density at radius 1 is 1.33 bits per heavy atom. The predicted molar refractivity (Wildman–Crippen MR) is 83.0 cm³/mol. The molecule has 1 amide bonds. The number of nitrogens with zero attached hydrogens (tertiary/aromatic N) is 1.